The third kappa shape index (κ3) is 18.1. The van der Waals surface area contributed by atoms with E-state index in [9.17, 15) is 38.7 Å². The second-order valence-electron chi connectivity index (χ2n) is 21.3. The fourth-order valence-electron chi connectivity index (χ4n) is 10.5. The summed E-state index contributed by atoms with van der Waals surface area (Å²) in [5.41, 5.74) is 1.92. The molecule has 6 amide bonds. The quantitative estimate of drug-likeness (QED) is 0.0499. The Hall–Kier alpha value is -5.90. The Balaban J connectivity index is 1.17. The number of methoxy groups -OCH3 is 2. The number of carbonyl (C=O) groups is 7. The SMILES string of the molecule is CCC(C)C(C(CC(=O)N1CCC[C@H]1C(OC)C(C)C(=O)NC(Cc1ccccc1)C(=O)O)OC)N(C)C(=O)C(NC(=O)C(C(C)C)N(C)C(=O)OCc1ccc(NC(=O)O[C@H]2CCC[C@@H]2SSc2ccccn2)cc1)C(C)C. The molecule has 0 bridgehead atoms. The van der Waals surface area contributed by atoms with Gasteiger partial charge in [-0.25, -0.2) is 19.4 Å². The molecule has 2 fully saturated rings. The summed E-state index contributed by atoms with van der Waals surface area (Å²) in [7, 11) is 9.33. The first-order chi connectivity index (χ1) is 37.7. The van der Waals surface area contributed by atoms with Gasteiger partial charge in [-0.3, -0.25) is 29.4 Å². The van der Waals surface area contributed by atoms with Crippen molar-refractivity contribution in [2.45, 2.75) is 165 Å². The number of nitrogens with zero attached hydrogens (tertiary/aromatic N) is 4. The lowest BCUT2D eigenvalue weighted by molar-refractivity contribution is -0.148. The Morgan fingerprint density at radius 2 is 1.49 bits per heavy atom. The van der Waals surface area contributed by atoms with Crippen molar-refractivity contribution in [3.63, 3.8) is 0 Å². The van der Waals surface area contributed by atoms with Crippen LogP contribution in [0.2, 0.25) is 0 Å². The number of nitrogens with one attached hydrogen (secondary N) is 3. The van der Waals surface area contributed by atoms with Gasteiger partial charge in [-0.1, -0.05) is 114 Å². The average molecular weight is 1130 g/mol. The lowest BCUT2D eigenvalue weighted by atomic mass is 9.89. The van der Waals surface area contributed by atoms with Gasteiger partial charge >= 0.3 is 18.2 Å². The van der Waals surface area contributed by atoms with Crippen molar-refractivity contribution < 1.29 is 57.6 Å². The molecule has 4 N–H and O–H groups in total. The van der Waals surface area contributed by atoms with E-state index in [1.165, 1.54) is 26.2 Å². The predicted molar refractivity (Wildman–Crippen MR) is 305 cm³/mol. The third-order valence-corrected chi connectivity index (χ3v) is 17.9. The number of carboxylic acid groups (broad SMARTS) is 1. The summed E-state index contributed by atoms with van der Waals surface area (Å²) in [5.74, 6) is -4.60. The third-order valence-electron chi connectivity index (χ3n) is 15.1. The second kappa shape index (κ2) is 31.2. The van der Waals surface area contributed by atoms with Crippen LogP contribution in [0.25, 0.3) is 0 Å². The number of pyridine rings is 1. The van der Waals surface area contributed by atoms with E-state index in [-0.39, 0.29) is 54.5 Å². The fourth-order valence-corrected chi connectivity index (χ4v) is 13.2. The van der Waals surface area contributed by atoms with Gasteiger partial charge in [-0.05, 0) is 96.0 Å². The van der Waals surface area contributed by atoms with E-state index in [1.54, 1.807) is 114 Å². The molecule has 11 atom stereocenters. The number of likely N-dealkylation sites (N-methyl/N-ethyl adjacent to an activating group) is 2. The van der Waals surface area contributed by atoms with Crippen LogP contribution in [0.15, 0.2) is 84.0 Å². The molecule has 5 rings (SSSR count). The molecule has 1 aliphatic heterocycles. The molecule has 2 aliphatic rings. The molecule has 0 radical (unpaired) electrons. The average Bonchev–Trinajstić information content (AvgIpc) is 4.17. The summed E-state index contributed by atoms with van der Waals surface area (Å²) in [6.45, 7) is 13.2. The smallest absolute Gasteiger partial charge is 0.411 e. The number of hydrogen-bond acceptors (Lipinski definition) is 14. The van der Waals surface area contributed by atoms with Gasteiger partial charge in [0, 0.05) is 53.2 Å². The van der Waals surface area contributed by atoms with Crippen molar-refractivity contribution in [3.8, 4) is 0 Å². The number of carbonyl (C=O) groups excluding carboxylic acids is 6. The van der Waals surface area contributed by atoms with Crippen molar-refractivity contribution in [2.75, 3.05) is 40.2 Å². The van der Waals surface area contributed by atoms with Gasteiger partial charge in [-0.15, -0.1) is 0 Å². The molecule has 2 heterocycles. The first-order valence-electron chi connectivity index (χ1n) is 27.4. The predicted octanol–water partition coefficient (Wildman–Crippen LogP) is 8.46. The molecule has 434 valence electrons. The fraction of sp³-hybridized carbons (Fsp3) is 0.586. The number of aromatic nitrogens is 1. The van der Waals surface area contributed by atoms with E-state index in [0.29, 0.717) is 37.1 Å². The van der Waals surface area contributed by atoms with Crippen molar-refractivity contribution in [1.29, 1.82) is 0 Å². The van der Waals surface area contributed by atoms with Crippen LogP contribution in [0.4, 0.5) is 15.3 Å². The van der Waals surface area contributed by atoms with Crippen molar-refractivity contribution >= 4 is 69.1 Å². The number of ether oxygens (including phenoxy) is 4. The first kappa shape index (κ1) is 63.9. The van der Waals surface area contributed by atoms with Gasteiger partial charge in [0.15, 0.2) is 0 Å². The van der Waals surface area contributed by atoms with E-state index in [1.807, 2.05) is 52.0 Å². The standard InChI is InChI=1S/C58H83N7O12S2/c1-12-37(6)51(45(74-10)33-48(66)65-31-19-22-43(65)52(75-11)38(7)53(67)61-42(56(70)71)32-39-20-14-13-15-21-39)63(8)55(69)49(35(2)3)62-54(68)50(36(4)5)64(9)58(73)76-34-40-26-28-41(29-27-40)60-57(72)77-44-23-18-24-46(44)78-79-47-25-16-17-30-59-47/h13-17,20-21,25-30,35-38,42-46,49-52H,12,18-19,22-24,31-34H2,1-11H3,(H,60,72)(H,61,67)(H,62,68)(H,70,71)/t37?,38?,42?,43-,44-,45?,46-,49?,50?,51?,52?/m0/s1. The minimum absolute atomic E-state index is 0.0971. The normalized spacial score (nSPS) is 19.3. The Morgan fingerprint density at radius 3 is 2.10 bits per heavy atom. The Bertz CT molecular complexity index is 2460. The van der Waals surface area contributed by atoms with Gasteiger partial charge < -0.3 is 44.5 Å². The Labute approximate surface area is 474 Å². The topological polar surface area (TPSA) is 235 Å². The number of anilines is 1. The maximum atomic E-state index is 14.7. The van der Waals surface area contributed by atoms with E-state index in [2.05, 4.69) is 20.9 Å². The molecule has 1 aromatic heterocycles. The zero-order valence-corrected chi connectivity index (χ0v) is 49.3. The van der Waals surface area contributed by atoms with Gasteiger partial charge in [0.1, 0.15) is 35.9 Å². The molecule has 79 heavy (non-hydrogen) atoms. The highest BCUT2D eigenvalue weighted by atomic mass is 33.1. The second-order valence-corrected chi connectivity index (χ2v) is 23.8. The monoisotopic (exact) mass is 1130 g/mol. The van der Waals surface area contributed by atoms with Crippen LogP contribution in [0.3, 0.4) is 0 Å². The van der Waals surface area contributed by atoms with Crippen LogP contribution >= 0.6 is 21.6 Å². The Morgan fingerprint density at radius 1 is 0.797 bits per heavy atom. The summed E-state index contributed by atoms with van der Waals surface area (Å²) in [4.78, 5) is 105. The van der Waals surface area contributed by atoms with Crippen LogP contribution in [-0.2, 0) is 55.9 Å². The first-order valence-corrected chi connectivity index (χ1v) is 29.6. The van der Waals surface area contributed by atoms with Crippen LogP contribution in [-0.4, -0.2) is 155 Å². The maximum Gasteiger partial charge on any atom is 0.411 e. The lowest BCUT2D eigenvalue weighted by Gasteiger charge is -2.41. The molecule has 0 spiro atoms. The van der Waals surface area contributed by atoms with Crippen molar-refractivity contribution in [1.82, 2.24) is 30.3 Å². The summed E-state index contributed by atoms with van der Waals surface area (Å²) < 4.78 is 23.5. The number of hydrogen-bond donors (Lipinski definition) is 4. The van der Waals surface area contributed by atoms with Gasteiger partial charge in [0.05, 0.1) is 41.9 Å². The number of aliphatic carboxylic acids is 1. The summed E-state index contributed by atoms with van der Waals surface area (Å²) in [6.07, 6.45) is 3.23. The van der Waals surface area contributed by atoms with Crippen molar-refractivity contribution in [2.24, 2.45) is 23.7 Å². The van der Waals surface area contributed by atoms with E-state index in [4.69, 9.17) is 18.9 Å². The van der Waals surface area contributed by atoms with Crippen LogP contribution < -0.4 is 16.0 Å². The highest BCUT2D eigenvalue weighted by molar-refractivity contribution is 8.76. The largest absolute Gasteiger partial charge is 0.480 e. The maximum absolute atomic E-state index is 14.7. The van der Waals surface area contributed by atoms with Crippen molar-refractivity contribution in [3.05, 3.63) is 90.1 Å². The summed E-state index contributed by atoms with van der Waals surface area (Å²) in [6, 6.07) is 17.3. The molecular formula is C58H83N7O12S2. The molecular weight excluding hydrogens is 1050 g/mol. The molecule has 21 heteroatoms. The molecule has 1 saturated carbocycles. The minimum atomic E-state index is -1.17. The number of benzene rings is 2. The Kier molecular flexibility index (Phi) is 25.2. The van der Waals surface area contributed by atoms with E-state index >= 15 is 0 Å². The highest BCUT2D eigenvalue weighted by Crippen LogP contribution is 2.42. The molecule has 19 nitrogen and oxygen atoms in total. The summed E-state index contributed by atoms with van der Waals surface area (Å²) >= 11 is 0. The molecule has 8 unspecified atom stereocenters. The van der Waals surface area contributed by atoms with Gasteiger partial charge in [0.2, 0.25) is 23.6 Å². The molecule has 3 aromatic rings. The van der Waals surface area contributed by atoms with E-state index in [0.717, 1.165) is 29.9 Å². The van der Waals surface area contributed by atoms with Crippen LogP contribution in [0, 0.1) is 23.7 Å². The van der Waals surface area contributed by atoms with Crippen LogP contribution in [0.1, 0.15) is 105 Å². The van der Waals surface area contributed by atoms with Gasteiger partial charge in [-0.2, -0.15) is 0 Å². The minimum Gasteiger partial charge on any atom is -0.480 e. The van der Waals surface area contributed by atoms with Gasteiger partial charge in [0.25, 0.3) is 0 Å². The number of carboxylic acids is 1. The molecule has 1 saturated heterocycles. The zero-order valence-electron chi connectivity index (χ0n) is 47.6. The lowest BCUT2D eigenvalue weighted by Crippen LogP contribution is -2.60. The molecule has 2 aromatic carbocycles. The van der Waals surface area contributed by atoms with Crippen LogP contribution in [0.5, 0.6) is 0 Å². The number of rotatable bonds is 28. The highest BCUT2D eigenvalue weighted by Gasteiger charge is 2.44. The van der Waals surface area contributed by atoms with E-state index < -0.39 is 84.2 Å². The molecule has 1 aliphatic carbocycles. The number of likely N-dealkylation sites (tertiary alicyclic amines) is 1. The summed E-state index contributed by atoms with van der Waals surface area (Å²) in [5, 5.41) is 19.4. The number of amides is 6. The zero-order chi connectivity index (χ0) is 57.9.